The van der Waals surface area contributed by atoms with Gasteiger partial charge >= 0.3 is 0 Å². The second-order valence-corrected chi connectivity index (χ2v) is 10.9. The Bertz CT molecular complexity index is 987. The number of anilines is 1. The number of hydrogen-bond donors (Lipinski definition) is 2. The summed E-state index contributed by atoms with van der Waals surface area (Å²) in [7, 11) is -3.72. The molecule has 29 heavy (non-hydrogen) atoms. The van der Waals surface area contributed by atoms with Crippen LogP contribution in [0, 0.1) is 0 Å². The van der Waals surface area contributed by atoms with E-state index in [1.165, 1.54) is 43.9 Å². The number of amides is 1. The van der Waals surface area contributed by atoms with Crippen LogP contribution in [0.5, 0.6) is 0 Å². The van der Waals surface area contributed by atoms with Crippen LogP contribution in [-0.2, 0) is 10.0 Å². The fourth-order valence-electron chi connectivity index (χ4n) is 3.27. The number of carbonyl (C=O) groups is 1. The van der Waals surface area contributed by atoms with Crippen LogP contribution < -0.4 is 10.0 Å². The number of benzene rings is 2. The molecule has 1 aliphatic rings. The summed E-state index contributed by atoms with van der Waals surface area (Å²) in [6.07, 6.45) is 4.85. The number of carbonyl (C=O) groups excluding carboxylic acids is 1. The van der Waals surface area contributed by atoms with E-state index in [1.54, 1.807) is 25.6 Å². The molecule has 0 aromatic heterocycles. The van der Waals surface area contributed by atoms with Gasteiger partial charge in [0.2, 0.25) is 10.0 Å². The Balaban J connectivity index is 1.83. The van der Waals surface area contributed by atoms with E-state index in [4.69, 9.17) is 11.6 Å². The van der Waals surface area contributed by atoms with E-state index in [0.717, 1.165) is 4.90 Å². The molecule has 2 N–H and O–H groups in total. The minimum atomic E-state index is -3.72. The summed E-state index contributed by atoms with van der Waals surface area (Å²) in [4.78, 5) is 13.9. The van der Waals surface area contributed by atoms with Crippen molar-refractivity contribution in [3.63, 3.8) is 0 Å². The molecule has 0 spiro atoms. The molecule has 0 atom stereocenters. The highest BCUT2D eigenvalue weighted by atomic mass is 35.5. The van der Waals surface area contributed by atoms with Gasteiger partial charge in [-0.2, -0.15) is 0 Å². The third-order valence-corrected chi connectivity index (χ3v) is 8.02. The molecule has 156 valence electrons. The summed E-state index contributed by atoms with van der Waals surface area (Å²) in [5, 5.41) is 3.66. The Kier molecular flexibility index (Phi) is 7.27. The maximum absolute atomic E-state index is 12.9. The summed E-state index contributed by atoms with van der Waals surface area (Å²) in [5.41, 5.74) is 0.831. The Morgan fingerprint density at radius 1 is 1.14 bits per heavy atom. The van der Waals surface area contributed by atoms with Gasteiger partial charge < -0.3 is 5.32 Å². The molecule has 5 nitrogen and oxygen atoms in total. The predicted octanol–water partition coefficient (Wildman–Crippen LogP) is 5.31. The van der Waals surface area contributed by atoms with Crippen LogP contribution in [-0.4, -0.2) is 25.6 Å². The van der Waals surface area contributed by atoms with Crippen molar-refractivity contribution >= 4 is 45.0 Å². The van der Waals surface area contributed by atoms with Gasteiger partial charge in [-0.05, 0) is 57.0 Å². The summed E-state index contributed by atoms with van der Waals surface area (Å²) < 4.78 is 27.4. The molecule has 0 radical (unpaired) electrons. The SMILES string of the molecule is CC(C)NS(=O)(=O)c1ccc(Cl)c(C(=O)Nc2ccccc2SC2CCCC2)c1. The lowest BCUT2D eigenvalue weighted by molar-refractivity contribution is 0.102. The maximum Gasteiger partial charge on any atom is 0.257 e. The first-order chi connectivity index (χ1) is 13.8. The van der Waals surface area contributed by atoms with Gasteiger partial charge in [0.1, 0.15) is 0 Å². The molecule has 3 rings (SSSR count). The molecular formula is C21H25ClN2O3S2. The van der Waals surface area contributed by atoms with E-state index in [2.05, 4.69) is 10.0 Å². The maximum atomic E-state index is 12.9. The Hall–Kier alpha value is -1.54. The van der Waals surface area contributed by atoms with Crippen molar-refractivity contribution in [2.45, 2.75) is 60.6 Å². The predicted molar refractivity (Wildman–Crippen MR) is 119 cm³/mol. The van der Waals surface area contributed by atoms with Gasteiger partial charge in [0.15, 0.2) is 0 Å². The molecular weight excluding hydrogens is 428 g/mol. The van der Waals surface area contributed by atoms with Crippen molar-refractivity contribution in [1.29, 1.82) is 0 Å². The van der Waals surface area contributed by atoms with Crippen LogP contribution in [0.3, 0.4) is 0 Å². The fraction of sp³-hybridized carbons (Fsp3) is 0.381. The molecule has 0 bridgehead atoms. The standard InChI is InChI=1S/C21H25ClN2O3S2/c1-14(2)24-29(26,27)16-11-12-18(22)17(13-16)21(25)23-19-9-5-6-10-20(19)28-15-7-3-4-8-15/h5-6,9-15,24H,3-4,7-8H2,1-2H3,(H,23,25). The van der Waals surface area contributed by atoms with E-state index < -0.39 is 15.9 Å². The zero-order chi connectivity index (χ0) is 21.0. The third kappa shape index (κ3) is 5.75. The number of thioether (sulfide) groups is 1. The van der Waals surface area contributed by atoms with Crippen LogP contribution >= 0.6 is 23.4 Å². The van der Waals surface area contributed by atoms with Crippen LogP contribution in [0.15, 0.2) is 52.3 Å². The zero-order valence-electron chi connectivity index (χ0n) is 16.4. The summed E-state index contributed by atoms with van der Waals surface area (Å²) in [5.74, 6) is -0.434. The summed E-state index contributed by atoms with van der Waals surface area (Å²) in [6, 6.07) is 11.5. The van der Waals surface area contributed by atoms with Crippen molar-refractivity contribution in [3.8, 4) is 0 Å². The largest absolute Gasteiger partial charge is 0.321 e. The van der Waals surface area contributed by atoms with E-state index in [-0.39, 0.29) is 21.5 Å². The summed E-state index contributed by atoms with van der Waals surface area (Å²) in [6.45, 7) is 3.47. The lowest BCUT2D eigenvalue weighted by Gasteiger charge is -2.15. The smallest absolute Gasteiger partial charge is 0.257 e. The Morgan fingerprint density at radius 2 is 1.83 bits per heavy atom. The average molecular weight is 453 g/mol. The lowest BCUT2D eigenvalue weighted by Crippen LogP contribution is -2.30. The van der Waals surface area contributed by atoms with Gasteiger partial charge in [0.25, 0.3) is 5.91 Å². The lowest BCUT2D eigenvalue weighted by atomic mass is 10.2. The van der Waals surface area contributed by atoms with Crippen molar-refractivity contribution in [3.05, 3.63) is 53.1 Å². The van der Waals surface area contributed by atoms with Gasteiger partial charge in [-0.1, -0.05) is 36.6 Å². The van der Waals surface area contributed by atoms with Gasteiger partial charge in [-0.15, -0.1) is 11.8 Å². The molecule has 0 saturated heterocycles. The number of sulfonamides is 1. The number of nitrogens with one attached hydrogen (secondary N) is 2. The van der Waals surface area contributed by atoms with Crippen molar-refractivity contribution < 1.29 is 13.2 Å². The highest BCUT2D eigenvalue weighted by molar-refractivity contribution is 8.00. The van der Waals surface area contributed by atoms with Gasteiger partial charge in [-0.3, -0.25) is 4.79 Å². The van der Waals surface area contributed by atoms with Crippen molar-refractivity contribution in [2.75, 3.05) is 5.32 Å². The van der Waals surface area contributed by atoms with Crippen LogP contribution in [0.1, 0.15) is 49.9 Å². The molecule has 0 unspecified atom stereocenters. The zero-order valence-corrected chi connectivity index (χ0v) is 18.8. The minimum absolute atomic E-state index is 0.00867. The molecule has 2 aromatic rings. The highest BCUT2D eigenvalue weighted by Gasteiger charge is 2.21. The molecule has 8 heteroatoms. The molecule has 1 saturated carbocycles. The third-order valence-electron chi connectivity index (χ3n) is 4.61. The van der Waals surface area contributed by atoms with Crippen LogP contribution in [0.2, 0.25) is 5.02 Å². The van der Waals surface area contributed by atoms with Gasteiger partial charge in [0, 0.05) is 16.2 Å². The second kappa shape index (κ2) is 9.51. The number of halogens is 1. The number of para-hydroxylation sites is 1. The van der Waals surface area contributed by atoms with Crippen LogP contribution in [0.4, 0.5) is 5.69 Å². The normalized spacial score (nSPS) is 15.0. The minimum Gasteiger partial charge on any atom is -0.321 e. The summed E-state index contributed by atoms with van der Waals surface area (Å²) >= 11 is 7.99. The topological polar surface area (TPSA) is 75.3 Å². The van der Waals surface area contributed by atoms with E-state index in [0.29, 0.717) is 10.9 Å². The Morgan fingerprint density at radius 3 is 2.52 bits per heavy atom. The first-order valence-corrected chi connectivity index (χ1v) is 12.4. The Labute approximate surface area is 181 Å². The van der Waals surface area contributed by atoms with Gasteiger partial charge in [0.05, 0.1) is 21.2 Å². The molecule has 1 fully saturated rings. The van der Waals surface area contributed by atoms with Crippen molar-refractivity contribution in [1.82, 2.24) is 4.72 Å². The van der Waals surface area contributed by atoms with E-state index >= 15 is 0 Å². The first-order valence-electron chi connectivity index (χ1n) is 9.65. The molecule has 1 amide bonds. The molecule has 2 aromatic carbocycles. The molecule has 0 heterocycles. The second-order valence-electron chi connectivity index (χ2n) is 7.39. The average Bonchev–Trinajstić information content (AvgIpc) is 3.15. The molecule has 0 aliphatic heterocycles. The highest BCUT2D eigenvalue weighted by Crippen LogP contribution is 2.38. The number of rotatable bonds is 7. The number of hydrogen-bond acceptors (Lipinski definition) is 4. The van der Waals surface area contributed by atoms with E-state index in [1.807, 2.05) is 24.3 Å². The van der Waals surface area contributed by atoms with Crippen molar-refractivity contribution in [2.24, 2.45) is 0 Å². The monoisotopic (exact) mass is 452 g/mol. The van der Waals surface area contributed by atoms with E-state index in [9.17, 15) is 13.2 Å². The van der Waals surface area contributed by atoms with Gasteiger partial charge in [-0.25, -0.2) is 13.1 Å². The quantitative estimate of drug-likeness (QED) is 0.596. The fourth-order valence-corrected chi connectivity index (χ4v) is 6.08. The molecule has 1 aliphatic carbocycles. The van der Waals surface area contributed by atoms with Crippen LogP contribution in [0.25, 0.3) is 0 Å². The first kappa shape index (κ1) is 22.2.